The molecule has 1 heterocycles. The molecule has 0 aliphatic carbocycles. The van der Waals surface area contributed by atoms with Crippen molar-refractivity contribution < 1.29 is 19.8 Å². The maximum atomic E-state index is 12.7. The fourth-order valence-corrected chi connectivity index (χ4v) is 4.78. The Hall–Kier alpha value is -3.62. The minimum atomic E-state index is -0.984. The number of thiocarbonyl (C=S) groups is 1. The molecule has 12 nitrogen and oxygen atoms in total. The highest BCUT2D eigenvalue weighted by Gasteiger charge is 2.50. The first-order chi connectivity index (χ1) is 15.5. The molecule has 3 rings (SSSR count). The Morgan fingerprint density at radius 1 is 1.15 bits per heavy atom. The Bertz CT molecular complexity index is 1120. The van der Waals surface area contributed by atoms with Crippen molar-refractivity contribution in [3.63, 3.8) is 0 Å². The lowest BCUT2D eigenvalue weighted by Crippen LogP contribution is -2.54. The largest absolute Gasteiger partial charge is 0.347 e. The Kier molecular flexibility index (Phi) is 6.90. The van der Waals surface area contributed by atoms with Crippen molar-refractivity contribution in [3.05, 3.63) is 74.3 Å². The second-order valence-corrected chi connectivity index (χ2v) is 9.65. The van der Waals surface area contributed by atoms with E-state index in [1.165, 1.54) is 71.5 Å². The molecule has 1 fully saturated rings. The number of nitrogens with one attached hydrogen (secondary N) is 1. The van der Waals surface area contributed by atoms with Crippen molar-refractivity contribution in [2.45, 2.75) is 24.8 Å². The van der Waals surface area contributed by atoms with Crippen LogP contribution in [-0.2, 0) is 0 Å². The molecule has 0 spiro atoms. The van der Waals surface area contributed by atoms with Crippen molar-refractivity contribution in [1.29, 1.82) is 0 Å². The van der Waals surface area contributed by atoms with Gasteiger partial charge in [0.15, 0.2) is 10.5 Å². The number of amides is 2. The van der Waals surface area contributed by atoms with E-state index in [1.807, 2.05) is 0 Å². The summed E-state index contributed by atoms with van der Waals surface area (Å²) in [4.78, 5) is 33.2. The minimum absolute atomic E-state index is 0.0668. The smallest absolute Gasteiger partial charge is 0.306 e. The number of nitro groups is 2. The van der Waals surface area contributed by atoms with Gasteiger partial charge in [0, 0.05) is 30.0 Å². The van der Waals surface area contributed by atoms with Crippen LogP contribution in [0.2, 0.25) is 0 Å². The Morgan fingerprint density at radius 2 is 1.67 bits per heavy atom. The fourth-order valence-electron chi connectivity index (χ4n) is 3.00. The zero-order valence-corrected chi connectivity index (χ0v) is 18.9. The van der Waals surface area contributed by atoms with Crippen LogP contribution < -0.4 is 5.32 Å². The average Bonchev–Trinajstić information content (AvgIpc) is 2.99. The molecule has 33 heavy (non-hydrogen) atoms. The van der Waals surface area contributed by atoms with E-state index in [0.717, 1.165) is 0 Å². The Morgan fingerprint density at radius 3 is 2.18 bits per heavy atom. The Balaban J connectivity index is 1.78. The van der Waals surface area contributed by atoms with Crippen molar-refractivity contribution in [2.75, 3.05) is 5.32 Å². The summed E-state index contributed by atoms with van der Waals surface area (Å²) in [6.45, 7) is 3.55. The summed E-state index contributed by atoms with van der Waals surface area (Å²) in [7, 11) is 0. The molecule has 0 saturated carbocycles. The average molecular weight is 491 g/mol. The Labute approximate surface area is 197 Å². The SMILES string of the molecule is CC1(C)SC(=S)N(N=Cc2ccc([N+](=O)[O-])cc2)C1N(O)C(=O)Nc1ccc([N+](=O)[O-])cc1. The molecule has 1 saturated heterocycles. The number of hydrogen-bond acceptors (Lipinski definition) is 9. The molecule has 14 heteroatoms. The number of nitrogens with zero attached hydrogens (tertiary/aromatic N) is 5. The van der Waals surface area contributed by atoms with E-state index in [-0.39, 0.29) is 17.1 Å². The van der Waals surface area contributed by atoms with Gasteiger partial charge in [-0.25, -0.2) is 9.80 Å². The van der Waals surface area contributed by atoms with E-state index in [0.29, 0.717) is 14.9 Å². The summed E-state index contributed by atoms with van der Waals surface area (Å²) in [6.07, 6.45) is 0.426. The van der Waals surface area contributed by atoms with Gasteiger partial charge in [-0.1, -0.05) is 24.0 Å². The van der Waals surface area contributed by atoms with Gasteiger partial charge in [-0.2, -0.15) is 10.2 Å². The number of nitro benzene ring substituents is 2. The van der Waals surface area contributed by atoms with Crippen LogP contribution in [0.1, 0.15) is 19.4 Å². The van der Waals surface area contributed by atoms with Crippen LogP contribution in [0.4, 0.5) is 21.9 Å². The maximum Gasteiger partial charge on any atom is 0.347 e. The van der Waals surface area contributed by atoms with Gasteiger partial charge < -0.3 is 5.32 Å². The molecule has 0 bridgehead atoms. The monoisotopic (exact) mass is 490 g/mol. The van der Waals surface area contributed by atoms with Gasteiger partial charge in [0.2, 0.25) is 0 Å². The van der Waals surface area contributed by atoms with E-state index in [1.54, 1.807) is 13.8 Å². The van der Waals surface area contributed by atoms with Crippen molar-refractivity contribution in [1.82, 2.24) is 10.1 Å². The number of hydrazone groups is 1. The van der Waals surface area contributed by atoms with Gasteiger partial charge in [0.05, 0.1) is 20.8 Å². The molecule has 2 aromatic carbocycles. The number of rotatable bonds is 6. The van der Waals surface area contributed by atoms with Crippen LogP contribution >= 0.6 is 24.0 Å². The van der Waals surface area contributed by atoms with Gasteiger partial charge in [0.25, 0.3) is 11.4 Å². The summed E-state index contributed by atoms with van der Waals surface area (Å²) in [6, 6.07) is 9.92. The molecule has 0 aromatic heterocycles. The predicted molar refractivity (Wildman–Crippen MR) is 126 cm³/mol. The van der Waals surface area contributed by atoms with E-state index in [4.69, 9.17) is 12.2 Å². The third kappa shape index (κ3) is 5.42. The first-order valence-electron chi connectivity index (χ1n) is 9.34. The first-order valence-corrected chi connectivity index (χ1v) is 10.6. The molecule has 2 aromatic rings. The highest BCUT2D eigenvalue weighted by Crippen LogP contribution is 2.42. The number of carbonyl (C=O) groups is 1. The lowest BCUT2D eigenvalue weighted by atomic mass is 10.1. The second-order valence-electron chi connectivity index (χ2n) is 7.36. The number of benzene rings is 2. The summed E-state index contributed by atoms with van der Waals surface area (Å²) >= 11 is 6.60. The standard InChI is InChI=1S/C19H18N6O6S2/c1-19(2)16(23(27)17(26)21-13-5-9-15(10-6-13)25(30)31)22(18(32)33-19)20-11-12-3-7-14(8-4-12)24(28)29/h3-11,16,27H,1-2H3,(H,21,26). The number of thioether (sulfide) groups is 1. The molecule has 1 aliphatic heterocycles. The lowest BCUT2D eigenvalue weighted by Gasteiger charge is -2.34. The van der Waals surface area contributed by atoms with Gasteiger partial charge in [-0.05, 0) is 43.7 Å². The quantitative estimate of drug-likeness (QED) is 0.199. The molecule has 2 N–H and O–H groups in total. The highest BCUT2D eigenvalue weighted by atomic mass is 32.2. The van der Waals surface area contributed by atoms with Gasteiger partial charge in [0.1, 0.15) is 0 Å². The summed E-state index contributed by atoms with van der Waals surface area (Å²) in [5, 5.41) is 40.8. The molecule has 0 radical (unpaired) electrons. The van der Waals surface area contributed by atoms with Crippen LogP contribution in [0.25, 0.3) is 0 Å². The van der Waals surface area contributed by atoms with E-state index in [2.05, 4.69) is 10.4 Å². The third-order valence-corrected chi connectivity index (χ3v) is 6.13. The molecule has 1 unspecified atom stereocenters. The first kappa shape index (κ1) is 24.0. The highest BCUT2D eigenvalue weighted by molar-refractivity contribution is 8.24. The number of hydrogen-bond donors (Lipinski definition) is 2. The number of non-ortho nitro benzene ring substituents is 2. The van der Waals surface area contributed by atoms with Crippen molar-refractivity contribution in [3.8, 4) is 0 Å². The normalized spacial score (nSPS) is 17.2. The van der Waals surface area contributed by atoms with Crippen molar-refractivity contribution >= 4 is 57.6 Å². The van der Waals surface area contributed by atoms with Crippen LogP contribution in [-0.4, -0.2) is 52.6 Å². The van der Waals surface area contributed by atoms with E-state index in [9.17, 15) is 30.2 Å². The zero-order valence-electron chi connectivity index (χ0n) is 17.3. The summed E-state index contributed by atoms with van der Waals surface area (Å²) < 4.78 is -0.434. The van der Waals surface area contributed by atoms with Crippen LogP contribution in [0.3, 0.4) is 0 Å². The lowest BCUT2D eigenvalue weighted by molar-refractivity contribution is -0.385. The fraction of sp³-hybridized carbons (Fsp3) is 0.211. The zero-order chi connectivity index (χ0) is 24.3. The molecule has 1 atom stereocenters. The molecule has 172 valence electrons. The number of urea groups is 1. The molecule has 2 amide bonds. The maximum absolute atomic E-state index is 12.7. The van der Waals surface area contributed by atoms with Crippen molar-refractivity contribution in [2.24, 2.45) is 5.10 Å². The summed E-state index contributed by atoms with van der Waals surface area (Å²) in [5.74, 6) is 0. The van der Waals surface area contributed by atoms with Gasteiger partial charge in [-0.15, -0.1) is 0 Å². The van der Waals surface area contributed by atoms with E-state index >= 15 is 0 Å². The predicted octanol–water partition coefficient (Wildman–Crippen LogP) is 4.20. The third-order valence-electron chi connectivity index (χ3n) is 4.60. The molecular formula is C19H18N6O6S2. The van der Waals surface area contributed by atoms with Gasteiger partial charge >= 0.3 is 6.03 Å². The molecular weight excluding hydrogens is 472 g/mol. The van der Waals surface area contributed by atoms with Gasteiger partial charge in [-0.3, -0.25) is 25.4 Å². The summed E-state index contributed by atoms with van der Waals surface area (Å²) in [5.41, 5.74) is 0.593. The molecule has 1 aliphatic rings. The van der Waals surface area contributed by atoms with E-state index < -0.39 is 26.8 Å². The second kappa shape index (κ2) is 9.48. The number of carbonyl (C=O) groups excluding carboxylic acids is 1. The number of hydroxylamine groups is 2. The van der Waals surface area contributed by atoms with Crippen LogP contribution in [0.15, 0.2) is 53.6 Å². The van der Waals surface area contributed by atoms with Crippen LogP contribution in [0, 0.1) is 20.2 Å². The number of anilines is 1. The topological polar surface area (TPSA) is 154 Å². The van der Waals surface area contributed by atoms with Crippen LogP contribution in [0.5, 0.6) is 0 Å². The minimum Gasteiger partial charge on any atom is -0.306 e.